The number of aliphatic imine (C=N–C) groups is 1. The predicted octanol–water partition coefficient (Wildman–Crippen LogP) is 3.45. The lowest BCUT2D eigenvalue weighted by molar-refractivity contribution is 0.0530. The Balaban J connectivity index is 1.44. The topological polar surface area (TPSA) is 48.9 Å². The molecule has 6 heteroatoms. The fourth-order valence-electron chi connectivity index (χ4n) is 5.37. The quantitative estimate of drug-likeness (QED) is 0.551. The average Bonchev–Trinajstić information content (AvgIpc) is 3.45. The Morgan fingerprint density at radius 3 is 2.77 bits per heavy atom. The van der Waals surface area contributed by atoms with Crippen molar-refractivity contribution in [2.45, 2.75) is 69.4 Å². The highest BCUT2D eigenvalue weighted by atomic mass is 19.1. The molecule has 1 atom stereocenters. The first-order chi connectivity index (χ1) is 14.7. The molecule has 5 nitrogen and oxygen atoms in total. The van der Waals surface area contributed by atoms with Gasteiger partial charge < -0.3 is 15.4 Å². The lowest BCUT2D eigenvalue weighted by Gasteiger charge is -2.36. The minimum atomic E-state index is -0.176. The van der Waals surface area contributed by atoms with Gasteiger partial charge in [-0.25, -0.2) is 4.39 Å². The Morgan fingerprint density at radius 1 is 1.23 bits per heavy atom. The fraction of sp³-hybridized carbons (Fsp3) is 0.708. The second-order valence-electron chi connectivity index (χ2n) is 9.16. The molecule has 3 fully saturated rings. The molecule has 4 rings (SSSR count). The molecule has 1 saturated carbocycles. The van der Waals surface area contributed by atoms with Gasteiger partial charge in [0.05, 0.1) is 6.54 Å². The van der Waals surface area contributed by atoms with Crippen molar-refractivity contribution < 1.29 is 9.13 Å². The Bertz CT molecular complexity index is 713. The summed E-state index contributed by atoms with van der Waals surface area (Å²) in [6.45, 7) is 7.29. The number of nitrogens with zero attached hydrogens (tertiary/aromatic N) is 2. The average molecular weight is 417 g/mol. The van der Waals surface area contributed by atoms with Crippen LogP contribution in [0.2, 0.25) is 0 Å². The zero-order valence-corrected chi connectivity index (χ0v) is 18.3. The van der Waals surface area contributed by atoms with Gasteiger partial charge in [0.1, 0.15) is 5.82 Å². The maximum atomic E-state index is 14.0. The summed E-state index contributed by atoms with van der Waals surface area (Å²) in [7, 11) is 0. The molecule has 0 bridgehead atoms. The molecular formula is C24H37FN4O. The van der Waals surface area contributed by atoms with Gasteiger partial charge in [-0.3, -0.25) is 9.89 Å². The summed E-state index contributed by atoms with van der Waals surface area (Å²) >= 11 is 0. The maximum absolute atomic E-state index is 14.0. The predicted molar refractivity (Wildman–Crippen MR) is 119 cm³/mol. The first kappa shape index (κ1) is 21.6. The van der Waals surface area contributed by atoms with Crippen LogP contribution in [0.25, 0.3) is 0 Å². The molecule has 2 saturated heterocycles. The van der Waals surface area contributed by atoms with Crippen LogP contribution in [-0.4, -0.2) is 62.3 Å². The van der Waals surface area contributed by atoms with Gasteiger partial charge in [-0.2, -0.15) is 0 Å². The van der Waals surface area contributed by atoms with E-state index in [0.717, 1.165) is 43.5 Å². The van der Waals surface area contributed by atoms with Crippen molar-refractivity contribution in [3.05, 3.63) is 35.6 Å². The number of guanidine groups is 1. The first-order valence-corrected chi connectivity index (χ1v) is 11.8. The maximum Gasteiger partial charge on any atom is 0.191 e. The number of ether oxygens (including phenoxy) is 1. The molecule has 0 radical (unpaired) electrons. The van der Waals surface area contributed by atoms with Gasteiger partial charge in [0, 0.05) is 50.3 Å². The monoisotopic (exact) mass is 416 g/mol. The minimum Gasteiger partial charge on any atom is -0.381 e. The highest BCUT2D eigenvalue weighted by Crippen LogP contribution is 2.35. The van der Waals surface area contributed by atoms with Crippen molar-refractivity contribution in [1.29, 1.82) is 0 Å². The zero-order valence-electron chi connectivity index (χ0n) is 18.3. The van der Waals surface area contributed by atoms with Crippen LogP contribution < -0.4 is 10.6 Å². The van der Waals surface area contributed by atoms with Crippen LogP contribution in [0.4, 0.5) is 4.39 Å². The Kier molecular flexibility index (Phi) is 7.26. The molecule has 1 aromatic rings. The highest BCUT2D eigenvalue weighted by molar-refractivity contribution is 5.80. The van der Waals surface area contributed by atoms with Crippen molar-refractivity contribution in [2.75, 3.05) is 39.4 Å². The van der Waals surface area contributed by atoms with E-state index in [0.29, 0.717) is 25.8 Å². The van der Waals surface area contributed by atoms with E-state index in [-0.39, 0.29) is 11.2 Å². The summed E-state index contributed by atoms with van der Waals surface area (Å²) in [5.41, 5.74) is 0.882. The molecule has 0 spiro atoms. The number of benzene rings is 1. The Labute approximate surface area is 180 Å². The third kappa shape index (κ3) is 5.14. The van der Waals surface area contributed by atoms with Crippen molar-refractivity contribution in [3.8, 4) is 0 Å². The largest absolute Gasteiger partial charge is 0.381 e. The van der Waals surface area contributed by atoms with Crippen molar-refractivity contribution in [2.24, 2.45) is 4.99 Å². The van der Waals surface area contributed by atoms with Crippen LogP contribution in [0.1, 0.15) is 57.4 Å². The highest BCUT2D eigenvalue weighted by Gasteiger charge is 2.35. The van der Waals surface area contributed by atoms with Crippen LogP contribution in [0, 0.1) is 5.82 Å². The third-order valence-corrected chi connectivity index (χ3v) is 7.17. The first-order valence-electron chi connectivity index (χ1n) is 11.8. The smallest absolute Gasteiger partial charge is 0.191 e. The molecule has 0 aromatic heterocycles. The summed E-state index contributed by atoms with van der Waals surface area (Å²) < 4.78 is 19.6. The van der Waals surface area contributed by atoms with Gasteiger partial charge in [0.15, 0.2) is 5.96 Å². The molecule has 1 aliphatic carbocycles. The Morgan fingerprint density at radius 2 is 2.03 bits per heavy atom. The van der Waals surface area contributed by atoms with Gasteiger partial charge in [-0.05, 0) is 56.7 Å². The lowest BCUT2D eigenvalue weighted by Crippen LogP contribution is -2.46. The van der Waals surface area contributed by atoms with E-state index in [1.165, 1.54) is 44.7 Å². The number of nitrogens with one attached hydrogen (secondary N) is 2. The molecule has 30 heavy (non-hydrogen) atoms. The molecule has 0 amide bonds. The zero-order chi connectivity index (χ0) is 20.8. The molecule has 2 N–H and O–H groups in total. The van der Waals surface area contributed by atoms with Gasteiger partial charge in [-0.1, -0.05) is 25.0 Å². The second kappa shape index (κ2) is 10.1. The second-order valence-corrected chi connectivity index (χ2v) is 9.16. The molecule has 2 heterocycles. The normalized spacial score (nSPS) is 25.5. The SMILES string of the molecule is CCNC(=NCC1(c2cccc(F)c2)CCOCC1)NC1CCN(C2CCCC2)C1. The van der Waals surface area contributed by atoms with Crippen LogP contribution in [-0.2, 0) is 10.2 Å². The van der Waals surface area contributed by atoms with Crippen molar-refractivity contribution in [1.82, 2.24) is 15.5 Å². The molecule has 1 aromatic carbocycles. The molecule has 166 valence electrons. The summed E-state index contributed by atoms with van der Waals surface area (Å²) in [4.78, 5) is 7.67. The number of likely N-dealkylation sites (tertiary alicyclic amines) is 1. The van der Waals surface area contributed by atoms with Crippen molar-refractivity contribution >= 4 is 5.96 Å². The minimum absolute atomic E-state index is 0.158. The summed E-state index contributed by atoms with van der Waals surface area (Å²) in [5, 5.41) is 7.11. The molecule has 3 aliphatic rings. The van der Waals surface area contributed by atoms with E-state index in [1.54, 1.807) is 6.07 Å². The summed E-state index contributed by atoms with van der Waals surface area (Å²) in [6, 6.07) is 8.28. The van der Waals surface area contributed by atoms with E-state index < -0.39 is 0 Å². The third-order valence-electron chi connectivity index (χ3n) is 7.17. The Hall–Kier alpha value is -1.66. The van der Waals surface area contributed by atoms with Gasteiger partial charge in [-0.15, -0.1) is 0 Å². The molecule has 2 aliphatic heterocycles. The van der Waals surface area contributed by atoms with E-state index >= 15 is 0 Å². The van der Waals surface area contributed by atoms with Gasteiger partial charge >= 0.3 is 0 Å². The van der Waals surface area contributed by atoms with Gasteiger partial charge in [0.25, 0.3) is 0 Å². The van der Waals surface area contributed by atoms with E-state index in [2.05, 4.69) is 22.5 Å². The number of hydrogen-bond acceptors (Lipinski definition) is 3. The van der Waals surface area contributed by atoms with Gasteiger partial charge in [0.2, 0.25) is 0 Å². The standard InChI is InChI=1S/C24H37FN4O/c1-2-26-23(28-21-10-13-29(17-21)22-8-3-4-9-22)27-18-24(11-14-30-15-12-24)19-6-5-7-20(25)16-19/h5-7,16,21-22H,2-4,8-15,17-18H2,1H3,(H2,26,27,28). The fourth-order valence-corrected chi connectivity index (χ4v) is 5.37. The van der Waals surface area contributed by atoms with E-state index in [9.17, 15) is 4.39 Å². The van der Waals surface area contributed by atoms with Crippen LogP contribution >= 0.6 is 0 Å². The van der Waals surface area contributed by atoms with E-state index in [1.807, 2.05) is 12.1 Å². The number of halogens is 1. The van der Waals surface area contributed by atoms with Crippen molar-refractivity contribution in [3.63, 3.8) is 0 Å². The van der Waals surface area contributed by atoms with Crippen LogP contribution in [0.15, 0.2) is 29.3 Å². The molecule has 1 unspecified atom stereocenters. The lowest BCUT2D eigenvalue weighted by atomic mass is 9.74. The summed E-state index contributed by atoms with van der Waals surface area (Å²) in [6.07, 6.45) is 8.41. The van der Waals surface area contributed by atoms with E-state index in [4.69, 9.17) is 9.73 Å². The van der Waals surface area contributed by atoms with Crippen LogP contribution in [0.3, 0.4) is 0 Å². The number of rotatable bonds is 6. The number of hydrogen-bond donors (Lipinski definition) is 2. The van der Waals surface area contributed by atoms with Crippen LogP contribution in [0.5, 0.6) is 0 Å². The molecular weight excluding hydrogens is 379 g/mol. The summed E-state index contributed by atoms with van der Waals surface area (Å²) in [5.74, 6) is 0.711.